The topological polar surface area (TPSA) is 42.7 Å². The van der Waals surface area contributed by atoms with Crippen molar-refractivity contribution in [2.24, 2.45) is 7.05 Å². The van der Waals surface area contributed by atoms with Crippen LogP contribution in [-0.4, -0.2) is 27.8 Å². The molecule has 0 aliphatic carbocycles. The Morgan fingerprint density at radius 3 is 2.79 bits per heavy atom. The summed E-state index contributed by atoms with van der Waals surface area (Å²) < 4.78 is 1.84. The van der Waals surface area contributed by atoms with Crippen LogP contribution in [0.1, 0.15) is 30.6 Å². The van der Waals surface area contributed by atoms with Crippen molar-refractivity contribution in [2.75, 3.05) is 12.8 Å². The first kappa shape index (κ1) is 14.1. The van der Waals surface area contributed by atoms with Gasteiger partial charge in [-0.05, 0) is 30.9 Å². The Morgan fingerprint density at radius 1 is 1.37 bits per heavy atom. The number of hydrogen-bond acceptors (Lipinski definition) is 4. The van der Waals surface area contributed by atoms with Crippen molar-refractivity contribution in [2.45, 2.75) is 24.3 Å². The Kier molecular flexibility index (Phi) is 4.99. The van der Waals surface area contributed by atoms with Crippen molar-refractivity contribution < 1.29 is 0 Å². The summed E-state index contributed by atoms with van der Waals surface area (Å²) in [5, 5.41) is 11.6. The summed E-state index contributed by atoms with van der Waals surface area (Å²) in [4.78, 5) is 1.29. The van der Waals surface area contributed by atoms with Crippen LogP contribution in [0, 0.1) is 0 Å². The van der Waals surface area contributed by atoms with Gasteiger partial charge in [0, 0.05) is 11.9 Å². The highest BCUT2D eigenvalue weighted by atomic mass is 32.2. The van der Waals surface area contributed by atoms with Gasteiger partial charge in [-0.25, -0.2) is 0 Å². The number of hydrogen-bond donors (Lipinski definition) is 1. The van der Waals surface area contributed by atoms with Gasteiger partial charge in [0.1, 0.15) is 0 Å². The first-order chi connectivity index (χ1) is 9.27. The largest absolute Gasteiger partial charge is 0.305 e. The van der Waals surface area contributed by atoms with Gasteiger partial charge in [0.15, 0.2) is 0 Å². The van der Waals surface area contributed by atoms with Crippen LogP contribution in [0.25, 0.3) is 0 Å². The molecule has 0 radical (unpaired) electrons. The van der Waals surface area contributed by atoms with Gasteiger partial charge >= 0.3 is 0 Å². The zero-order valence-corrected chi connectivity index (χ0v) is 12.4. The molecule has 0 fully saturated rings. The average molecular weight is 276 g/mol. The van der Waals surface area contributed by atoms with Crippen LogP contribution in [0.4, 0.5) is 0 Å². The average Bonchev–Trinajstić information content (AvgIpc) is 2.86. The van der Waals surface area contributed by atoms with Crippen molar-refractivity contribution in [1.29, 1.82) is 0 Å². The fourth-order valence-corrected chi connectivity index (χ4v) is 2.76. The monoisotopic (exact) mass is 276 g/mol. The lowest BCUT2D eigenvalue weighted by Crippen LogP contribution is -2.25. The standard InChI is InChI=1S/C14H20N4S/c1-4-9-15-14(12-10-16-17-18(12)2)11-7-5-6-8-13(11)19-3/h5-8,10,14-15H,4,9H2,1-3H3. The predicted octanol–water partition coefficient (Wildman–Crippen LogP) is 2.63. The van der Waals surface area contributed by atoms with Gasteiger partial charge in [-0.1, -0.05) is 30.3 Å². The number of thioether (sulfide) groups is 1. The normalized spacial score (nSPS) is 12.6. The number of benzene rings is 1. The Balaban J connectivity index is 2.40. The summed E-state index contributed by atoms with van der Waals surface area (Å²) in [6.45, 7) is 3.14. The van der Waals surface area contributed by atoms with E-state index in [9.17, 15) is 0 Å². The third-order valence-corrected chi connectivity index (χ3v) is 3.91. The lowest BCUT2D eigenvalue weighted by molar-refractivity contribution is 0.545. The highest BCUT2D eigenvalue weighted by Crippen LogP contribution is 2.29. The van der Waals surface area contributed by atoms with Crippen LogP contribution in [0.3, 0.4) is 0 Å². The highest BCUT2D eigenvalue weighted by molar-refractivity contribution is 7.98. The van der Waals surface area contributed by atoms with E-state index in [-0.39, 0.29) is 6.04 Å². The molecule has 1 N–H and O–H groups in total. The SMILES string of the molecule is CCCNC(c1ccccc1SC)c1cnnn1C. The molecule has 0 aliphatic rings. The Morgan fingerprint density at radius 2 is 2.16 bits per heavy atom. The minimum Gasteiger partial charge on any atom is -0.305 e. The van der Waals surface area contributed by atoms with Crippen molar-refractivity contribution in [3.05, 3.63) is 41.7 Å². The van der Waals surface area contributed by atoms with Gasteiger partial charge in [0.05, 0.1) is 17.9 Å². The van der Waals surface area contributed by atoms with Crippen LogP contribution in [0.5, 0.6) is 0 Å². The van der Waals surface area contributed by atoms with Gasteiger partial charge in [-0.3, -0.25) is 4.68 Å². The van der Waals surface area contributed by atoms with Gasteiger partial charge < -0.3 is 5.32 Å². The van der Waals surface area contributed by atoms with E-state index < -0.39 is 0 Å². The molecule has 0 saturated heterocycles. The number of aryl methyl sites for hydroxylation is 1. The second kappa shape index (κ2) is 6.73. The summed E-state index contributed by atoms with van der Waals surface area (Å²) in [6.07, 6.45) is 5.05. The molecule has 0 aliphatic heterocycles. The molecular weight excluding hydrogens is 256 g/mol. The molecule has 102 valence electrons. The highest BCUT2D eigenvalue weighted by Gasteiger charge is 2.19. The van der Waals surface area contributed by atoms with Crippen LogP contribution in [-0.2, 0) is 7.05 Å². The summed E-state index contributed by atoms with van der Waals surface area (Å²) in [7, 11) is 1.94. The third-order valence-electron chi connectivity index (χ3n) is 3.09. The van der Waals surface area contributed by atoms with Gasteiger partial charge in [-0.2, -0.15) is 0 Å². The molecule has 2 rings (SSSR count). The van der Waals surface area contributed by atoms with Crippen LogP contribution < -0.4 is 5.32 Å². The summed E-state index contributed by atoms with van der Waals surface area (Å²) in [6, 6.07) is 8.63. The van der Waals surface area contributed by atoms with Crippen molar-refractivity contribution in [3.8, 4) is 0 Å². The molecule has 0 spiro atoms. The van der Waals surface area contributed by atoms with E-state index in [1.54, 1.807) is 11.8 Å². The van der Waals surface area contributed by atoms with E-state index in [0.717, 1.165) is 18.7 Å². The van der Waals surface area contributed by atoms with Crippen molar-refractivity contribution in [3.63, 3.8) is 0 Å². The molecule has 19 heavy (non-hydrogen) atoms. The fourth-order valence-electron chi connectivity index (χ4n) is 2.13. The molecule has 4 nitrogen and oxygen atoms in total. The number of nitrogens with zero attached hydrogens (tertiary/aromatic N) is 3. The molecular formula is C14H20N4S. The molecule has 0 saturated carbocycles. The zero-order chi connectivity index (χ0) is 13.7. The van der Waals surface area contributed by atoms with E-state index in [2.05, 4.69) is 53.1 Å². The second-order valence-electron chi connectivity index (χ2n) is 4.41. The van der Waals surface area contributed by atoms with E-state index in [1.807, 2.05) is 17.9 Å². The maximum atomic E-state index is 4.05. The van der Waals surface area contributed by atoms with Crippen molar-refractivity contribution in [1.82, 2.24) is 20.3 Å². The molecule has 2 aromatic rings. The zero-order valence-electron chi connectivity index (χ0n) is 11.6. The summed E-state index contributed by atoms with van der Waals surface area (Å²) >= 11 is 1.77. The molecule has 1 atom stereocenters. The van der Waals surface area contributed by atoms with Crippen molar-refractivity contribution >= 4 is 11.8 Å². The second-order valence-corrected chi connectivity index (χ2v) is 5.26. The van der Waals surface area contributed by atoms with E-state index in [1.165, 1.54) is 10.5 Å². The minimum absolute atomic E-state index is 0.142. The molecule has 0 amide bonds. The van der Waals surface area contributed by atoms with Crippen LogP contribution >= 0.6 is 11.8 Å². The smallest absolute Gasteiger partial charge is 0.0799 e. The minimum atomic E-state index is 0.142. The summed E-state index contributed by atoms with van der Waals surface area (Å²) in [5.74, 6) is 0. The van der Waals surface area contributed by atoms with Gasteiger partial charge in [0.25, 0.3) is 0 Å². The molecule has 1 heterocycles. The molecule has 1 unspecified atom stereocenters. The quantitative estimate of drug-likeness (QED) is 0.824. The van der Waals surface area contributed by atoms with Crippen LogP contribution in [0.15, 0.2) is 35.4 Å². The van der Waals surface area contributed by atoms with Gasteiger partial charge in [0.2, 0.25) is 0 Å². The van der Waals surface area contributed by atoms with Gasteiger partial charge in [-0.15, -0.1) is 16.9 Å². The first-order valence-electron chi connectivity index (χ1n) is 6.48. The third kappa shape index (κ3) is 3.16. The van der Waals surface area contributed by atoms with E-state index in [0.29, 0.717) is 0 Å². The van der Waals surface area contributed by atoms with E-state index in [4.69, 9.17) is 0 Å². The molecule has 0 bridgehead atoms. The maximum absolute atomic E-state index is 4.05. The number of nitrogens with one attached hydrogen (secondary N) is 1. The Hall–Kier alpha value is -1.33. The fraction of sp³-hybridized carbons (Fsp3) is 0.429. The van der Waals surface area contributed by atoms with E-state index >= 15 is 0 Å². The lowest BCUT2D eigenvalue weighted by Gasteiger charge is -2.21. The predicted molar refractivity (Wildman–Crippen MR) is 79.4 cm³/mol. The first-order valence-corrected chi connectivity index (χ1v) is 7.71. The Labute approximate surface area is 118 Å². The molecule has 1 aromatic carbocycles. The maximum Gasteiger partial charge on any atom is 0.0799 e. The van der Waals surface area contributed by atoms with Crippen LogP contribution in [0.2, 0.25) is 0 Å². The lowest BCUT2D eigenvalue weighted by atomic mass is 10.0. The molecule has 1 aromatic heterocycles. The Bertz CT molecular complexity index is 524. The number of aromatic nitrogens is 3. The summed E-state index contributed by atoms with van der Waals surface area (Å²) in [5.41, 5.74) is 2.38. The molecule has 5 heteroatoms. The number of rotatable bonds is 6.